The SMILES string of the molecule is CC(=O)Nc1cccc(C(C)N(Cc2ccccc2)C(=O)C2CC(=O)N(Cc3ccco3)C2)c1. The topological polar surface area (TPSA) is 82.9 Å². The van der Waals surface area contributed by atoms with E-state index in [1.807, 2.05) is 72.5 Å². The second kappa shape index (κ2) is 10.4. The third kappa shape index (κ3) is 5.54. The van der Waals surface area contributed by atoms with Gasteiger partial charge in [-0.1, -0.05) is 42.5 Å². The van der Waals surface area contributed by atoms with Gasteiger partial charge >= 0.3 is 0 Å². The summed E-state index contributed by atoms with van der Waals surface area (Å²) in [6, 6.07) is 20.7. The van der Waals surface area contributed by atoms with Crippen molar-refractivity contribution in [2.45, 2.75) is 39.4 Å². The number of furan rings is 1. The van der Waals surface area contributed by atoms with Crippen LogP contribution in [0, 0.1) is 5.92 Å². The van der Waals surface area contributed by atoms with Crippen molar-refractivity contribution >= 4 is 23.4 Å². The highest BCUT2D eigenvalue weighted by Gasteiger charge is 2.38. The maximum atomic E-state index is 13.8. The average Bonchev–Trinajstić information content (AvgIpc) is 3.47. The number of likely N-dealkylation sites (tertiary alicyclic amines) is 1. The predicted molar refractivity (Wildman–Crippen MR) is 128 cm³/mol. The van der Waals surface area contributed by atoms with E-state index in [-0.39, 0.29) is 30.2 Å². The molecular formula is C27H29N3O4. The number of hydrogen-bond acceptors (Lipinski definition) is 4. The molecule has 0 spiro atoms. The Morgan fingerprint density at radius 1 is 1.12 bits per heavy atom. The van der Waals surface area contributed by atoms with Crippen LogP contribution in [0.25, 0.3) is 0 Å². The van der Waals surface area contributed by atoms with Gasteiger partial charge in [-0.25, -0.2) is 0 Å². The monoisotopic (exact) mass is 459 g/mol. The van der Waals surface area contributed by atoms with Crippen molar-refractivity contribution in [1.82, 2.24) is 9.80 Å². The molecule has 3 aromatic rings. The third-order valence-corrected chi connectivity index (χ3v) is 6.13. The molecular weight excluding hydrogens is 430 g/mol. The van der Waals surface area contributed by atoms with E-state index in [0.717, 1.165) is 11.1 Å². The third-order valence-electron chi connectivity index (χ3n) is 6.13. The Kier molecular flexibility index (Phi) is 7.11. The van der Waals surface area contributed by atoms with Gasteiger partial charge in [0, 0.05) is 32.1 Å². The van der Waals surface area contributed by atoms with E-state index >= 15 is 0 Å². The lowest BCUT2D eigenvalue weighted by Crippen LogP contribution is -2.38. The molecule has 2 heterocycles. The molecule has 1 fully saturated rings. The maximum Gasteiger partial charge on any atom is 0.228 e. The molecule has 3 amide bonds. The maximum absolute atomic E-state index is 13.8. The first-order chi connectivity index (χ1) is 16.4. The molecule has 2 unspecified atom stereocenters. The van der Waals surface area contributed by atoms with Crippen molar-refractivity contribution in [3.05, 3.63) is 89.9 Å². The van der Waals surface area contributed by atoms with Crippen LogP contribution in [-0.4, -0.2) is 34.1 Å². The first kappa shape index (κ1) is 23.3. The lowest BCUT2D eigenvalue weighted by Gasteiger charge is -2.32. The van der Waals surface area contributed by atoms with E-state index < -0.39 is 5.92 Å². The summed E-state index contributed by atoms with van der Waals surface area (Å²) in [6.07, 6.45) is 1.76. The second-order valence-electron chi connectivity index (χ2n) is 8.69. The number of nitrogens with one attached hydrogen (secondary N) is 1. The van der Waals surface area contributed by atoms with Gasteiger partial charge in [0.05, 0.1) is 24.8 Å². The van der Waals surface area contributed by atoms with Gasteiger partial charge in [-0.05, 0) is 42.3 Å². The molecule has 176 valence electrons. The van der Waals surface area contributed by atoms with Crippen molar-refractivity contribution in [2.24, 2.45) is 5.92 Å². The van der Waals surface area contributed by atoms with Crippen molar-refractivity contribution in [2.75, 3.05) is 11.9 Å². The van der Waals surface area contributed by atoms with Crippen LogP contribution >= 0.6 is 0 Å². The zero-order valence-electron chi connectivity index (χ0n) is 19.4. The lowest BCUT2D eigenvalue weighted by molar-refractivity contribution is -0.138. The number of amides is 3. The van der Waals surface area contributed by atoms with E-state index in [0.29, 0.717) is 31.1 Å². The molecule has 0 saturated carbocycles. The molecule has 2 aromatic carbocycles. The smallest absolute Gasteiger partial charge is 0.228 e. The Morgan fingerprint density at radius 3 is 2.62 bits per heavy atom. The highest BCUT2D eigenvalue weighted by Crippen LogP contribution is 2.30. The number of benzene rings is 2. The first-order valence-corrected chi connectivity index (χ1v) is 11.4. The van der Waals surface area contributed by atoms with Crippen LogP contribution in [-0.2, 0) is 27.5 Å². The summed E-state index contributed by atoms with van der Waals surface area (Å²) in [6.45, 7) is 4.59. The fourth-order valence-electron chi connectivity index (χ4n) is 4.36. The van der Waals surface area contributed by atoms with Crippen LogP contribution < -0.4 is 5.32 Å². The zero-order chi connectivity index (χ0) is 24.1. The minimum absolute atomic E-state index is 0.0466. The average molecular weight is 460 g/mol. The van der Waals surface area contributed by atoms with Gasteiger partial charge in [-0.2, -0.15) is 0 Å². The minimum Gasteiger partial charge on any atom is -0.467 e. The normalized spacial score (nSPS) is 16.4. The largest absolute Gasteiger partial charge is 0.467 e. The number of nitrogens with zero attached hydrogens (tertiary/aromatic N) is 2. The summed E-state index contributed by atoms with van der Waals surface area (Å²) >= 11 is 0. The van der Waals surface area contributed by atoms with Crippen LogP contribution in [0.2, 0.25) is 0 Å². The molecule has 7 heteroatoms. The summed E-state index contributed by atoms with van der Waals surface area (Å²) in [5.74, 6) is 0.0207. The Bertz CT molecular complexity index is 1140. The number of carbonyl (C=O) groups excluding carboxylic acids is 3. The van der Waals surface area contributed by atoms with Crippen molar-refractivity contribution in [3.63, 3.8) is 0 Å². The highest BCUT2D eigenvalue weighted by atomic mass is 16.3. The van der Waals surface area contributed by atoms with Gasteiger partial charge in [-0.3, -0.25) is 14.4 Å². The van der Waals surface area contributed by atoms with Crippen LogP contribution in [0.1, 0.15) is 43.2 Å². The lowest BCUT2D eigenvalue weighted by atomic mass is 10.0. The fraction of sp³-hybridized carbons (Fsp3) is 0.296. The van der Waals surface area contributed by atoms with Crippen molar-refractivity contribution < 1.29 is 18.8 Å². The summed E-state index contributed by atoms with van der Waals surface area (Å²) in [5.41, 5.74) is 2.61. The summed E-state index contributed by atoms with van der Waals surface area (Å²) in [7, 11) is 0. The quantitative estimate of drug-likeness (QED) is 0.542. The van der Waals surface area contributed by atoms with Gasteiger partial charge in [0.15, 0.2) is 0 Å². The van der Waals surface area contributed by atoms with E-state index in [1.54, 1.807) is 17.2 Å². The Hall–Kier alpha value is -3.87. The molecule has 7 nitrogen and oxygen atoms in total. The van der Waals surface area contributed by atoms with E-state index in [2.05, 4.69) is 5.32 Å². The van der Waals surface area contributed by atoms with Gasteiger partial charge in [0.25, 0.3) is 0 Å². The summed E-state index contributed by atoms with van der Waals surface area (Å²) in [4.78, 5) is 41.5. The molecule has 0 radical (unpaired) electrons. The molecule has 2 atom stereocenters. The second-order valence-corrected chi connectivity index (χ2v) is 8.69. The van der Waals surface area contributed by atoms with E-state index in [4.69, 9.17) is 4.42 Å². The highest BCUT2D eigenvalue weighted by molar-refractivity contribution is 5.90. The van der Waals surface area contributed by atoms with Gasteiger partial charge in [0.1, 0.15) is 5.76 Å². The van der Waals surface area contributed by atoms with Crippen LogP contribution in [0.3, 0.4) is 0 Å². The summed E-state index contributed by atoms with van der Waals surface area (Å²) < 4.78 is 5.38. The van der Waals surface area contributed by atoms with Crippen LogP contribution in [0.15, 0.2) is 77.4 Å². The first-order valence-electron chi connectivity index (χ1n) is 11.4. The zero-order valence-corrected chi connectivity index (χ0v) is 19.4. The fourth-order valence-corrected chi connectivity index (χ4v) is 4.36. The van der Waals surface area contributed by atoms with Crippen molar-refractivity contribution in [3.8, 4) is 0 Å². The Labute approximate surface area is 199 Å². The molecule has 0 aliphatic carbocycles. The van der Waals surface area contributed by atoms with Gasteiger partial charge in [0.2, 0.25) is 17.7 Å². The molecule has 1 saturated heterocycles. The molecule has 1 aliphatic heterocycles. The standard InChI is InChI=1S/C27H29N3O4/c1-19(22-10-6-11-24(14-22)28-20(2)31)30(16-21-8-4-3-5-9-21)27(33)23-15-26(32)29(17-23)18-25-12-7-13-34-25/h3-14,19,23H,15-18H2,1-2H3,(H,28,31). The molecule has 4 rings (SSSR count). The molecule has 1 aromatic heterocycles. The van der Waals surface area contributed by atoms with Crippen LogP contribution in [0.4, 0.5) is 5.69 Å². The van der Waals surface area contributed by atoms with Gasteiger partial charge < -0.3 is 19.5 Å². The molecule has 34 heavy (non-hydrogen) atoms. The van der Waals surface area contributed by atoms with Gasteiger partial charge in [-0.15, -0.1) is 0 Å². The minimum atomic E-state index is -0.424. The predicted octanol–water partition coefficient (Wildman–Crippen LogP) is 4.38. The Balaban J connectivity index is 1.56. The molecule has 1 N–H and O–H groups in total. The van der Waals surface area contributed by atoms with E-state index in [9.17, 15) is 14.4 Å². The van der Waals surface area contributed by atoms with E-state index in [1.165, 1.54) is 6.92 Å². The number of rotatable bonds is 8. The summed E-state index contributed by atoms with van der Waals surface area (Å²) in [5, 5.41) is 2.80. The molecule has 0 bridgehead atoms. The van der Waals surface area contributed by atoms with Crippen molar-refractivity contribution in [1.29, 1.82) is 0 Å². The number of carbonyl (C=O) groups is 3. The number of hydrogen-bond donors (Lipinski definition) is 1. The molecule has 1 aliphatic rings. The van der Waals surface area contributed by atoms with Crippen LogP contribution in [0.5, 0.6) is 0 Å². The Morgan fingerprint density at radius 2 is 1.91 bits per heavy atom. The number of anilines is 1.